The standard InChI is InChI=1S/C16H30N4S/c1-4-7-17-10-16-18-15(13-21-16)12-20(3)11-14-5-8-19(2)9-6-14/h13-14,17H,4-12H2,1-3H3. The normalized spacial score (nSPS) is 17.7. The highest BCUT2D eigenvalue weighted by molar-refractivity contribution is 7.09. The van der Waals surface area contributed by atoms with Crippen molar-refractivity contribution in [2.24, 2.45) is 5.92 Å². The van der Waals surface area contributed by atoms with E-state index >= 15 is 0 Å². The number of thiazole rings is 1. The Hall–Kier alpha value is -0.490. The Balaban J connectivity index is 1.71. The van der Waals surface area contributed by atoms with Crippen LogP contribution in [0.3, 0.4) is 0 Å². The molecule has 0 saturated carbocycles. The summed E-state index contributed by atoms with van der Waals surface area (Å²) in [7, 11) is 4.45. The Bertz CT molecular complexity index is 399. The van der Waals surface area contributed by atoms with Crippen molar-refractivity contribution >= 4 is 11.3 Å². The van der Waals surface area contributed by atoms with E-state index in [4.69, 9.17) is 4.98 Å². The maximum absolute atomic E-state index is 4.73. The average Bonchev–Trinajstić information content (AvgIpc) is 2.89. The lowest BCUT2D eigenvalue weighted by molar-refractivity contribution is 0.173. The van der Waals surface area contributed by atoms with Crippen LogP contribution in [0.15, 0.2) is 5.38 Å². The molecule has 1 aromatic heterocycles. The van der Waals surface area contributed by atoms with Crippen molar-refractivity contribution in [2.75, 3.05) is 40.3 Å². The minimum Gasteiger partial charge on any atom is -0.310 e. The smallest absolute Gasteiger partial charge is 0.107 e. The van der Waals surface area contributed by atoms with Gasteiger partial charge in [-0.05, 0) is 58.9 Å². The van der Waals surface area contributed by atoms with Crippen LogP contribution in [-0.2, 0) is 13.1 Å². The minimum atomic E-state index is 0.857. The summed E-state index contributed by atoms with van der Waals surface area (Å²) in [6.45, 7) is 8.87. The molecule has 2 rings (SSSR count). The Morgan fingerprint density at radius 3 is 2.90 bits per heavy atom. The molecule has 1 aromatic rings. The highest BCUT2D eigenvalue weighted by Gasteiger charge is 2.18. The second kappa shape index (κ2) is 8.83. The van der Waals surface area contributed by atoms with E-state index in [0.29, 0.717) is 0 Å². The lowest BCUT2D eigenvalue weighted by Gasteiger charge is -2.31. The van der Waals surface area contributed by atoms with Gasteiger partial charge in [0.15, 0.2) is 0 Å². The van der Waals surface area contributed by atoms with Gasteiger partial charge in [0, 0.05) is 25.0 Å². The van der Waals surface area contributed by atoms with Crippen LogP contribution in [0.4, 0.5) is 0 Å². The highest BCUT2D eigenvalue weighted by atomic mass is 32.1. The summed E-state index contributed by atoms with van der Waals surface area (Å²) < 4.78 is 0. The molecular weight excluding hydrogens is 280 g/mol. The van der Waals surface area contributed by atoms with E-state index in [9.17, 15) is 0 Å². The molecule has 0 atom stereocenters. The van der Waals surface area contributed by atoms with E-state index in [1.54, 1.807) is 11.3 Å². The first kappa shape index (κ1) is 16.9. The zero-order valence-electron chi connectivity index (χ0n) is 13.8. The van der Waals surface area contributed by atoms with Crippen LogP contribution in [0.25, 0.3) is 0 Å². The van der Waals surface area contributed by atoms with Gasteiger partial charge in [0.1, 0.15) is 5.01 Å². The molecule has 0 bridgehead atoms. The third-order valence-corrected chi connectivity index (χ3v) is 5.04. The molecule has 1 aliphatic rings. The van der Waals surface area contributed by atoms with Crippen molar-refractivity contribution in [1.82, 2.24) is 20.1 Å². The Morgan fingerprint density at radius 2 is 2.19 bits per heavy atom. The van der Waals surface area contributed by atoms with Crippen molar-refractivity contribution in [3.8, 4) is 0 Å². The van der Waals surface area contributed by atoms with Crippen molar-refractivity contribution < 1.29 is 0 Å². The lowest BCUT2D eigenvalue weighted by atomic mass is 9.97. The Kier molecular flexibility index (Phi) is 7.10. The summed E-state index contributed by atoms with van der Waals surface area (Å²) in [4.78, 5) is 9.61. The highest BCUT2D eigenvalue weighted by Crippen LogP contribution is 2.18. The minimum absolute atomic E-state index is 0.857. The Morgan fingerprint density at radius 1 is 1.43 bits per heavy atom. The number of likely N-dealkylation sites (tertiary alicyclic amines) is 1. The van der Waals surface area contributed by atoms with E-state index in [1.165, 1.54) is 49.6 Å². The maximum atomic E-state index is 4.73. The summed E-state index contributed by atoms with van der Waals surface area (Å²) >= 11 is 1.78. The molecule has 0 spiro atoms. The van der Waals surface area contributed by atoms with Gasteiger partial charge in [-0.2, -0.15) is 0 Å². The fourth-order valence-electron chi connectivity index (χ4n) is 2.90. The quantitative estimate of drug-likeness (QED) is 0.747. The second-order valence-electron chi connectivity index (χ2n) is 6.35. The molecule has 120 valence electrons. The van der Waals surface area contributed by atoms with Gasteiger partial charge >= 0.3 is 0 Å². The van der Waals surface area contributed by atoms with Gasteiger partial charge in [-0.15, -0.1) is 11.3 Å². The van der Waals surface area contributed by atoms with Gasteiger partial charge in [-0.1, -0.05) is 6.92 Å². The van der Waals surface area contributed by atoms with Crippen molar-refractivity contribution in [3.05, 3.63) is 16.1 Å². The molecule has 0 aliphatic carbocycles. The number of rotatable bonds is 8. The number of hydrogen-bond donors (Lipinski definition) is 1. The molecule has 0 aromatic carbocycles. The van der Waals surface area contributed by atoms with Crippen molar-refractivity contribution in [1.29, 1.82) is 0 Å². The summed E-state index contributed by atoms with van der Waals surface area (Å²) in [6, 6.07) is 0. The molecule has 0 radical (unpaired) electrons. The molecule has 21 heavy (non-hydrogen) atoms. The molecule has 0 unspecified atom stereocenters. The van der Waals surface area contributed by atoms with Crippen LogP contribution in [0.2, 0.25) is 0 Å². The van der Waals surface area contributed by atoms with Crippen molar-refractivity contribution in [3.63, 3.8) is 0 Å². The van der Waals surface area contributed by atoms with Gasteiger partial charge in [0.2, 0.25) is 0 Å². The first-order valence-electron chi connectivity index (χ1n) is 8.18. The van der Waals surface area contributed by atoms with E-state index in [0.717, 1.165) is 25.6 Å². The van der Waals surface area contributed by atoms with Crippen LogP contribution in [-0.4, -0.2) is 55.1 Å². The second-order valence-corrected chi connectivity index (χ2v) is 7.30. The van der Waals surface area contributed by atoms with E-state index in [-0.39, 0.29) is 0 Å². The van der Waals surface area contributed by atoms with Crippen LogP contribution in [0.5, 0.6) is 0 Å². The van der Waals surface area contributed by atoms with Gasteiger partial charge in [-0.3, -0.25) is 0 Å². The van der Waals surface area contributed by atoms with Gasteiger partial charge in [0.05, 0.1) is 5.69 Å². The number of hydrogen-bond acceptors (Lipinski definition) is 5. The van der Waals surface area contributed by atoms with E-state index < -0.39 is 0 Å². The molecule has 1 aliphatic heterocycles. The van der Waals surface area contributed by atoms with E-state index in [2.05, 4.69) is 41.5 Å². The van der Waals surface area contributed by atoms with Crippen LogP contribution in [0.1, 0.15) is 36.9 Å². The summed E-state index contributed by atoms with van der Waals surface area (Å²) in [5.74, 6) is 0.857. The molecule has 0 amide bonds. The average molecular weight is 311 g/mol. The number of nitrogens with one attached hydrogen (secondary N) is 1. The predicted molar refractivity (Wildman–Crippen MR) is 90.7 cm³/mol. The number of nitrogens with zero attached hydrogens (tertiary/aromatic N) is 3. The van der Waals surface area contributed by atoms with E-state index in [1.807, 2.05) is 0 Å². The largest absolute Gasteiger partial charge is 0.310 e. The summed E-state index contributed by atoms with van der Waals surface area (Å²) in [5.41, 5.74) is 1.23. The van der Waals surface area contributed by atoms with Crippen LogP contribution in [0, 0.1) is 5.92 Å². The molecule has 5 heteroatoms. The SMILES string of the molecule is CCCNCc1nc(CN(C)CC2CCN(C)CC2)cs1. The first-order valence-corrected chi connectivity index (χ1v) is 9.06. The monoisotopic (exact) mass is 310 g/mol. The molecular formula is C16H30N4S. The molecule has 4 nitrogen and oxygen atoms in total. The first-order chi connectivity index (χ1) is 10.2. The lowest BCUT2D eigenvalue weighted by Crippen LogP contribution is -2.35. The molecule has 1 N–H and O–H groups in total. The number of piperidine rings is 1. The zero-order valence-corrected chi connectivity index (χ0v) is 14.6. The molecule has 1 fully saturated rings. The number of aromatic nitrogens is 1. The fraction of sp³-hybridized carbons (Fsp3) is 0.812. The molecule has 2 heterocycles. The van der Waals surface area contributed by atoms with Crippen molar-refractivity contribution in [2.45, 2.75) is 39.3 Å². The summed E-state index contributed by atoms with van der Waals surface area (Å²) in [6.07, 6.45) is 3.85. The van der Waals surface area contributed by atoms with Crippen LogP contribution >= 0.6 is 11.3 Å². The van der Waals surface area contributed by atoms with Gasteiger partial charge in [-0.25, -0.2) is 4.98 Å². The van der Waals surface area contributed by atoms with Crippen LogP contribution < -0.4 is 5.32 Å². The van der Waals surface area contributed by atoms with Gasteiger partial charge < -0.3 is 15.1 Å². The topological polar surface area (TPSA) is 31.4 Å². The zero-order chi connectivity index (χ0) is 15.1. The van der Waals surface area contributed by atoms with Gasteiger partial charge in [0.25, 0.3) is 0 Å². The maximum Gasteiger partial charge on any atom is 0.107 e. The fourth-order valence-corrected chi connectivity index (χ4v) is 3.66. The third kappa shape index (κ3) is 6.02. The predicted octanol–water partition coefficient (Wildman–Crippen LogP) is 2.42. The third-order valence-electron chi connectivity index (χ3n) is 4.14. The molecule has 1 saturated heterocycles. The summed E-state index contributed by atoms with van der Waals surface area (Å²) in [5, 5.41) is 6.85. The Labute approximate surface area is 133 Å².